The second-order valence-corrected chi connectivity index (χ2v) is 5.78. The summed E-state index contributed by atoms with van der Waals surface area (Å²) in [4.78, 5) is 2.40. The highest BCUT2D eigenvalue weighted by molar-refractivity contribution is 5.17. The molecule has 1 saturated carbocycles. The van der Waals surface area contributed by atoms with Crippen molar-refractivity contribution in [2.75, 3.05) is 20.3 Å². The number of nitrogens with zero attached hydrogens (tertiary/aromatic N) is 1. The fourth-order valence-corrected chi connectivity index (χ4v) is 2.69. The van der Waals surface area contributed by atoms with Crippen LogP contribution in [0, 0.1) is 0 Å². The Bertz CT molecular complexity index is 395. The highest BCUT2D eigenvalue weighted by Gasteiger charge is 2.22. The standard InChI is InChI=1S/C15H24N2O2/c1-17(14-5-7-18-8-6-14)11-15-12(4-9-19-15)10-16-13-2-3-13/h4,9,13-14,16H,2-3,5-8,10-11H2,1H3. The summed E-state index contributed by atoms with van der Waals surface area (Å²) in [5.41, 5.74) is 1.31. The van der Waals surface area contributed by atoms with E-state index in [4.69, 9.17) is 9.15 Å². The molecule has 1 aliphatic carbocycles. The van der Waals surface area contributed by atoms with E-state index in [2.05, 4.69) is 23.3 Å². The monoisotopic (exact) mass is 264 g/mol. The summed E-state index contributed by atoms with van der Waals surface area (Å²) >= 11 is 0. The molecule has 0 aromatic carbocycles. The Morgan fingerprint density at radius 2 is 2.05 bits per heavy atom. The van der Waals surface area contributed by atoms with Crippen molar-refractivity contribution in [3.05, 3.63) is 23.7 Å². The predicted molar refractivity (Wildman–Crippen MR) is 73.9 cm³/mol. The first-order chi connectivity index (χ1) is 9.33. The summed E-state index contributed by atoms with van der Waals surface area (Å²) in [6.07, 6.45) is 6.74. The van der Waals surface area contributed by atoms with Crippen molar-refractivity contribution in [1.82, 2.24) is 10.2 Å². The van der Waals surface area contributed by atoms with Crippen molar-refractivity contribution >= 4 is 0 Å². The van der Waals surface area contributed by atoms with Crippen LogP contribution in [0.4, 0.5) is 0 Å². The van der Waals surface area contributed by atoms with Crippen LogP contribution < -0.4 is 5.32 Å². The van der Waals surface area contributed by atoms with Crippen molar-refractivity contribution in [1.29, 1.82) is 0 Å². The second-order valence-electron chi connectivity index (χ2n) is 5.78. The van der Waals surface area contributed by atoms with E-state index in [0.29, 0.717) is 6.04 Å². The van der Waals surface area contributed by atoms with Crippen molar-refractivity contribution < 1.29 is 9.15 Å². The highest BCUT2D eigenvalue weighted by atomic mass is 16.5. The first-order valence-corrected chi connectivity index (χ1v) is 7.39. The van der Waals surface area contributed by atoms with Gasteiger partial charge in [0.1, 0.15) is 5.76 Å². The van der Waals surface area contributed by atoms with Gasteiger partial charge in [-0.2, -0.15) is 0 Å². The molecule has 0 amide bonds. The van der Waals surface area contributed by atoms with E-state index in [9.17, 15) is 0 Å². The number of nitrogens with one attached hydrogen (secondary N) is 1. The Morgan fingerprint density at radius 3 is 2.79 bits per heavy atom. The fraction of sp³-hybridized carbons (Fsp3) is 0.733. The summed E-state index contributed by atoms with van der Waals surface area (Å²) in [6, 6.07) is 3.47. The van der Waals surface area contributed by atoms with Crippen LogP contribution in [0.3, 0.4) is 0 Å². The lowest BCUT2D eigenvalue weighted by molar-refractivity contribution is 0.0386. The average Bonchev–Trinajstić information content (AvgIpc) is 3.18. The Labute approximate surface area is 115 Å². The third-order valence-electron chi connectivity index (χ3n) is 4.20. The van der Waals surface area contributed by atoms with Crippen LogP contribution >= 0.6 is 0 Å². The predicted octanol–water partition coefficient (Wildman–Crippen LogP) is 2.14. The molecular weight excluding hydrogens is 240 g/mol. The van der Waals surface area contributed by atoms with Crippen LogP contribution in [-0.4, -0.2) is 37.2 Å². The van der Waals surface area contributed by atoms with E-state index in [0.717, 1.165) is 50.9 Å². The Morgan fingerprint density at radius 1 is 1.26 bits per heavy atom. The third kappa shape index (κ3) is 3.59. The number of ether oxygens (including phenoxy) is 1. The lowest BCUT2D eigenvalue weighted by Gasteiger charge is -2.30. The summed E-state index contributed by atoms with van der Waals surface area (Å²) in [5, 5.41) is 3.55. The van der Waals surface area contributed by atoms with Crippen LogP contribution in [0.5, 0.6) is 0 Å². The Kier molecular flexibility index (Phi) is 4.21. The number of furan rings is 1. The molecule has 1 aliphatic heterocycles. The van der Waals surface area contributed by atoms with Gasteiger partial charge in [0, 0.05) is 37.4 Å². The minimum absolute atomic E-state index is 0.628. The van der Waals surface area contributed by atoms with Crippen LogP contribution in [0.15, 0.2) is 16.7 Å². The van der Waals surface area contributed by atoms with Gasteiger partial charge in [-0.15, -0.1) is 0 Å². The maximum absolute atomic E-state index is 5.67. The van der Waals surface area contributed by atoms with Gasteiger partial charge in [0.15, 0.2) is 0 Å². The molecule has 0 radical (unpaired) electrons. The van der Waals surface area contributed by atoms with Crippen LogP contribution in [0.1, 0.15) is 37.0 Å². The lowest BCUT2D eigenvalue weighted by atomic mass is 10.1. The fourth-order valence-electron chi connectivity index (χ4n) is 2.69. The molecule has 1 N–H and O–H groups in total. The van der Waals surface area contributed by atoms with Crippen LogP contribution in [0.2, 0.25) is 0 Å². The number of hydrogen-bond acceptors (Lipinski definition) is 4. The van der Waals surface area contributed by atoms with Crippen LogP contribution in [-0.2, 0) is 17.8 Å². The van der Waals surface area contributed by atoms with Gasteiger partial charge in [-0.1, -0.05) is 0 Å². The third-order valence-corrected chi connectivity index (χ3v) is 4.20. The average molecular weight is 264 g/mol. The second kappa shape index (κ2) is 6.07. The SMILES string of the molecule is CN(Cc1occc1CNC1CC1)C1CCOCC1. The highest BCUT2D eigenvalue weighted by Crippen LogP contribution is 2.22. The molecule has 0 atom stereocenters. The molecule has 0 bridgehead atoms. The number of hydrogen-bond donors (Lipinski definition) is 1. The maximum Gasteiger partial charge on any atom is 0.122 e. The zero-order valence-corrected chi connectivity index (χ0v) is 11.7. The summed E-state index contributed by atoms with van der Waals surface area (Å²) in [6.45, 7) is 3.63. The van der Waals surface area contributed by atoms with E-state index < -0.39 is 0 Å². The van der Waals surface area contributed by atoms with E-state index >= 15 is 0 Å². The Hall–Kier alpha value is -0.840. The van der Waals surface area contributed by atoms with Crippen molar-refractivity contribution in [2.45, 2.75) is 50.9 Å². The number of rotatable bonds is 6. The molecule has 2 fully saturated rings. The van der Waals surface area contributed by atoms with Crippen molar-refractivity contribution in [3.8, 4) is 0 Å². The van der Waals surface area contributed by atoms with Gasteiger partial charge in [-0.05, 0) is 38.8 Å². The molecule has 1 aromatic rings. The molecule has 1 aromatic heterocycles. The molecule has 106 valence electrons. The van der Waals surface area contributed by atoms with Gasteiger partial charge < -0.3 is 14.5 Å². The van der Waals surface area contributed by atoms with E-state index in [1.807, 2.05) is 6.26 Å². The van der Waals surface area contributed by atoms with Gasteiger partial charge in [0.05, 0.1) is 12.8 Å². The lowest BCUT2D eigenvalue weighted by Crippen LogP contribution is -2.36. The molecule has 2 aliphatic rings. The zero-order valence-electron chi connectivity index (χ0n) is 11.7. The van der Waals surface area contributed by atoms with Crippen molar-refractivity contribution in [2.24, 2.45) is 0 Å². The summed E-state index contributed by atoms with van der Waals surface area (Å²) in [7, 11) is 2.19. The zero-order chi connectivity index (χ0) is 13.1. The molecule has 0 unspecified atom stereocenters. The topological polar surface area (TPSA) is 37.6 Å². The minimum atomic E-state index is 0.628. The largest absolute Gasteiger partial charge is 0.468 e. The van der Waals surface area contributed by atoms with Gasteiger partial charge >= 0.3 is 0 Å². The van der Waals surface area contributed by atoms with E-state index in [-0.39, 0.29) is 0 Å². The normalized spacial score (nSPS) is 21.2. The molecular formula is C15H24N2O2. The molecule has 4 heteroatoms. The van der Waals surface area contributed by atoms with Gasteiger partial charge in [-0.3, -0.25) is 4.90 Å². The van der Waals surface area contributed by atoms with E-state index in [1.165, 1.54) is 18.4 Å². The Balaban J connectivity index is 1.54. The molecule has 1 saturated heterocycles. The van der Waals surface area contributed by atoms with Gasteiger partial charge in [-0.25, -0.2) is 0 Å². The maximum atomic E-state index is 5.67. The van der Waals surface area contributed by atoms with Crippen LogP contribution in [0.25, 0.3) is 0 Å². The summed E-state index contributed by atoms with van der Waals surface area (Å²) < 4.78 is 11.1. The first-order valence-electron chi connectivity index (χ1n) is 7.39. The quantitative estimate of drug-likeness (QED) is 0.854. The van der Waals surface area contributed by atoms with Crippen molar-refractivity contribution in [3.63, 3.8) is 0 Å². The van der Waals surface area contributed by atoms with Gasteiger partial charge in [0.2, 0.25) is 0 Å². The van der Waals surface area contributed by atoms with E-state index in [1.54, 1.807) is 0 Å². The molecule has 2 heterocycles. The molecule has 0 spiro atoms. The molecule has 4 nitrogen and oxygen atoms in total. The molecule has 3 rings (SSSR count). The van der Waals surface area contributed by atoms with Gasteiger partial charge in [0.25, 0.3) is 0 Å². The molecule has 19 heavy (non-hydrogen) atoms. The minimum Gasteiger partial charge on any atom is -0.468 e. The smallest absolute Gasteiger partial charge is 0.122 e. The summed E-state index contributed by atoms with van der Waals surface area (Å²) in [5.74, 6) is 1.11. The first kappa shape index (κ1) is 13.2.